The average molecular weight is 369 g/mol. The molecule has 0 radical (unpaired) electrons. The summed E-state index contributed by atoms with van der Waals surface area (Å²) in [7, 11) is 0. The fourth-order valence-corrected chi connectivity index (χ4v) is 3.13. The number of hydrogen-bond acceptors (Lipinski definition) is 3. The van der Waals surface area contributed by atoms with Gasteiger partial charge in [-0.25, -0.2) is 4.98 Å². The number of aromatic nitrogens is 2. The number of ether oxygens (including phenoxy) is 2. The highest BCUT2D eigenvalue weighted by atomic mass is 35.5. The van der Waals surface area contributed by atoms with E-state index in [9.17, 15) is 13.2 Å². The summed E-state index contributed by atoms with van der Waals surface area (Å²) in [5.74, 6) is 0.218. The summed E-state index contributed by atoms with van der Waals surface area (Å²) < 4.78 is 51.2. The van der Waals surface area contributed by atoms with E-state index < -0.39 is 18.0 Å². The Morgan fingerprint density at radius 3 is 2.56 bits per heavy atom. The molecule has 25 heavy (non-hydrogen) atoms. The Kier molecular flexibility index (Phi) is 3.94. The largest absolute Gasteiger partial charge is 0.417 e. The molecule has 0 saturated carbocycles. The van der Waals surface area contributed by atoms with Crippen LogP contribution in [0.1, 0.15) is 17.4 Å². The van der Waals surface area contributed by atoms with Gasteiger partial charge in [-0.3, -0.25) is 4.57 Å². The molecule has 0 aliphatic carbocycles. The van der Waals surface area contributed by atoms with Crippen LogP contribution in [0.5, 0.6) is 0 Å². The number of nitrogens with zero attached hydrogens (tertiary/aromatic N) is 2. The summed E-state index contributed by atoms with van der Waals surface area (Å²) in [6, 6.07) is 8.30. The normalized spacial score (nSPS) is 16.0. The fraction of sp³-hybridized carbons (Fsp3) is 0.235. The van der Waals surface area contributed by atoms with E-state index in [1.54, 1.807) is 10.8 Å². The minimum Gasteiger partial charge on any atom is -0.346 e. The quantitative estimate of drug-likeness (QED) is 0.655. The molecule has 0 bridgehead atoms. The number of halogens is 4. The van der Waals surface area contributed by atoms with E-state index in [0.717, 1.165) is 28.7 Å². The van der Waals surface area contributed by atoms with E-state index in [1.807, 2.05) is 24.3 Å². The SMILES string of the molecule is FC(F)(F)c1cnc(-n2cc(C3OCCO3)c3ccccc32)c(Cl)c1. The van der Waals surface area contributed by atoms with Crippen LogP contribution >= 0.6 is 11.6 Å². The Labute approximate surface area is 145 Å². The van der Waals surface area contributed by atoms with Gasteiger partial charge in [0.15, 0.2) is 12.1 Å². The third-order valence-electron chi connectivity index (χ3n) is 4.00. The molecule has 4 rings (SSSR count). The number of fused-ring (bicyclic) bond motifs is 1. The Bertz CT molecular complexity index is 933. The van der Waals surface area contributed by atoms with Gasteiger partial charge in [0, 0.05) is 23.3 Å². The second-order valence-electron chi connectivity index (χ2n) is 5.57. The van der Waals surface area contributed by atoms with E-state index in [4.69, 9.17) is 21.1 Å². The molecule has 3 heterocycles. The van der Waals surface area contributed by atoms with Crippen LogP contribution in [0.15, 0.2) is 42.7 Å². The molecule has 0 spiro atoms. The lowest BCUT2D eigenvalue weighted by molar-refractivity contribution is -0.137. The number of alkyl halides is 3. The average Bonchev–Trinajstić information content (AvgIpc) is 3.21. The highest BCUT2D eigenvalue weighted by Gasteiger charge is 2.32. The monoisotopic (exact) mass is 368 g/mol. The first kappa shape index (κ1) is 16.4. The molecule has 3 aromatic rings. The van der Waals surface area contributed by atoms with Crippen molar-refractivity contribution in [2.75, 3.05) is 13.2 Å². The Hall–Kier alpha value is -2.09. The molecule has 0 amide bonds. The van der Waals surface area contributed by atoms with Crippen LogP contribution in [0, 0.1) is 0 Å². The number of hydrogen-bond donors (Lipinski definition) is 0. The molecule has 4 nitrogen and oxygen atoms in total. The van der Waals surface area contributed by atoms with Crippen LogP contribution < -0.4 is 0 Å². The predicted molar refractivity (Wildman–Crippen MR) is 85.7 cm³/mol. The van der Waals surface area contributed by atoms with E-state index in [1.165, 1.54) is 0 Å². The second kappa shape index (κ2) is 6.01. The van der Waals surface area contributed by atoms with Crippen molar-refractivity contribution in [3.63, 3.8) is 0 Å². The van der Waals surface area contributed by atoms with Crippen molar-refractivity contribution in [1.29, 1.82) is 0 Å². The lowest BCUT2D eigenvalue weighted by Crippen LogP contribution is -2.07. The summed E-state index contributed by atoms with van der Waals surface area (Å²) in [5.41, 5.74) is 0.650. The predicted octanol–water partition coefficient (Wildman–Crippen LogP) is 4.74. The van der Waals surface area contributed by atoms with Crippen molar-refractivity contribution >= 4 is 22.5 Å². The van der Waals surface area contributed by atoms with Gasteiger partial charge in [-0.05, 0) is 12.1 Å². The van der Waals surface area contributed by atoms with Crippen molar-refractivity contribution in [3.05, 3.63) is 58.9 Å². The van der Waals surface area contributed by atoms with Crippen LogP contribution in [0.25, 0.3) is 16.7 Å². The van der Waals surface area contributed by atoms with Crippen LogP contribution in [0.4, 0.5) is 13.2 Å². The molecule has 130 valence electrons. The summed E-state index contributed by atoms with van der Waals surface area (Å²) in [5, 5.41) is 0.780. The second-order valence-corrected chi connectivity index (χ2v) is 5.98. The fourth-order valence-electron chi connectivity index (χ4n) is 2.87. The zero-order chi connectivity index (χ0) is 17.6. The first-order chi connectivity index (χ1) is 11.9. The maximum atomic E-state index is 12.8. The summed E-state index contributed by atoms with van der Waals surface area (Å²) >= 11 is 6.09. The highest BCUT2D eigenvalue weighted by Crippen LogP contribution is 2.36. The molecule has 1 aliphatic rings. The Morgan fingerprint density at radius 1 is 1.16 bits per heavy atom. The molecule has 2 aromatic heterocycles. The number of benzene rings is 1. The zero-order valence-electron chi connectivity index (χ0n) is 12.8. The van der Waals surface area contributed by atoms with Gasteiger partial charge in [0.2, 0.25) is 0 Å². The van der Waals surface area contributed by atoms with Gasteiger partial charge < -0.3 is 9.47 Å². The van der Waals surface area contributed by atoms with E-state index in [2.05, 4.69) is 4.98 Å². The molecule has 0 unspecified atom stereocenters. The smallest absolute Gasteiger partial charge is 0.346 e. The van der Waals surface area contributed by atoms with Gasteiger partial charge in [-0.1, -0.05) is 29.8 Å². The van der Waals surface area contributed by atoms with Crippen LogP contribution in [0.2, 0.25) is 5.02 Å². The molecule has 1 fully saturated rings. The zero-order valence-corrected chi connectivity index (χ0v) is 13.5. The van der Waals surface area contributed by atoms with Gasteiger partial charge >= 0.3 is 6.18 Å². The molecular weight excluding hydrogens is 357 g/mol. The first-order valence-corrected chi connectivity index (χ1v) is 7.89. The highest BCUT2D eigenvalue weighted by molar-refractivity contribution is 6.32. The molecular formula is C17H12ClF3N2O2. The van der Waals surface area contributed by atoms with Gasteiger partial charge in [0.25, 0.3) is 0 Å². The van der Waals surface area contributed by atoms with E-state index in [0.29, 0.717) is 13.2 Å². The maximum Gasteiger partial charge on any atom is 0.417 e. The number of rotatable bonds is 2. The molecule has 1 aliphatic heterocycles. The topological polar surface area (TPSA) is 36.3 Å². The summed E-state index contributed by atoms with van der Waals surface area (Å²) in [6.45, 7) is 0.979. The molecule has 0 N–H and O–H groups in total. The minimum absolute atomic E-state index is 0.0876. The van der Waals surface area contributed by atoms with Crippen LogP contribution in [0.3, 0.4) is 0 Å². The molecule has 1 aromatic carbocycles. The van der Waals surface area contributed by atoms with Crippen LogP contribution in [-0.2, 0) is 15.7 Å². The van der Waals surface area contributed by atoms with Crippen molar-refractivity contribution in [1.82, 2.24) is 9.55 Å². The Morgan fingerprint density at radius 2 is 1.88 bits per heavy atom. The maximum absolute atomic E-state index is 12.8. The number of para-hydroxylation sites is 1. The lowest BCUT2D eigenvalue weighted by Gasteiger charge is -2.10. The van der Waals surface area contributed by atoms with E-state index in [-0.39, 0.29) is 10.8 Å². The van der Waals surface area contributed by atoms with Crippen molar-refractivity contribution in [2.24, 2.45) is 0 Å². The van der Waals surface area contributed by atoms with E-state index >= 15 is 0 Å². The first-order valence-electron chi connectivity index (χ1n) is 7.51. The summed E-state index contributed by atoms with van der Waals surface area (Å²) in [6.07, 6.45) is -2.50. The summed E-state index contributed by atoms with van der Waals surface area (Å²) in [4.78, 5) is 3.93. The molecule has 8 heteroatoms. The van der Waals surface area contributed by atoms with Crippen molar-refractivity contribution < 1.29 is 22.6 Å². The molecule has 1 saturated heterocycles. The standard InChI is InChI=1S/C17H12ClF3N2O2/c18-13-7-10(17(19,20)21)8-22-15(13)23-9-12(16-24-5-6-25-16)11-3-1-2-4-14(11)23/h1-4,7-9,16H,5-6H2. The van der Waals surface area contributed by atoms with Crippen LogP contribution in [-0.4, -0.2) is 22.8 Å². The van der Waals surface area contributed by atoms with Gasteiger partial charge in [-0.15, -0.1) is 0 Å². The lowest BCUT2D eigenvalue weighted by atomic mass is 10.2. The van der Waals surface area contributed by atoms with Gasteiger partial charge in [0.1, 0.15) is 0 Å². The Balaban J connectivity index is 1.87. The van der Waals surface area contributed by atoms with Gasteiger partial charge in [0.05, 0.1) is 29.3 Å². The third kappa shape index (κ3) is 2.88. The third-order valence-corrected chi connectivity index (χ3v) is 4.27. The van der Waals surface area contributed by atoms with Gasteiger partial charge in [-0.2, -0.15) is 13.2 Å². The minimum atomic E-state index is -4.50. The number of pyridine rings is 1. The van der Waals surface area contributed by atoms with Crippen molar-refractivity contribution in [2.45, 2.75) is 12.5 Å². The van der Waals surface area contributed by atoms with Crippen molar-refractivity contribution in [3.8, 4) is 5.82 Å². The molecule has 0 atom stereocenters.